The van der Waals surface area contributed by atoms with E-state index in [1.807, 2.05) is 0 Å². The lowest BCUT2D eigenvalue weighted by molar-refractivity contribution is -0.138. The molecule has 1 atom stereocenters. The molecule has 26 heavy (non-hydrogen) atoms. The van der Waals surface area contributed by atoms with E-state index in [1.54, 1.807) is 0 Å². The molecule has 0 spiro atoms. The van der Waals surface area contributed by atoms with Crippen LogP contribution in [0.4, 0.5) is 0 Å². The van der Waals surface area contributed by atoms with Crippen LogP contribution in [0.2, 0.25) is 0 Å². The van der Waals surface area contributed by atoms with Crippen LogP contribution in [-0.2, 0) is 24.3 Å². The SMILES string of the molecule is O=C([C@H]1CCCN(Cc2cccc(Br)c2)C1)N1CCc2ccccc2C1. The summed E-state index contributed by atoms with van der Waals surface area (Å²) in [5.74, 6) is 0.486. The molecule has 0 saturated carbocycles. The summed E-state index contributed by atoms with van der Waals surface area (Å²) in [6.07, 6.45) is 3.11. The number of piperidine rings is 1. The van der Waals surface area contributed by atoms with Crippen LogP contribution in [0.5, 0.6) is 0 Å². The van der Waals surface area contributed by atoms with Crippen molar-refractivity contribution < 1.29 is 4.79 Å². The summed E-state index contributed by atoms with van der Waals surface area (Å²) >= 11 is 3.55. The van der Waals surface area contributed by atoms with Crippen LogP contribution >= 0.6 is 15.9 Å². The Morgan fingerprint density at radius 3 is 2.77 bits per heavy atom. The largest absolute Gasteiger partial charge is 0.338 e. The van der Waals surface area contributed by atoms with Gasteiger partial charge >= 0.3 is 0 Å². The number of halogens is 1. The first kappa shape index (κ1) is 17.7. The van der Waals surface area contributed by atoms with Crippen molar-refractivity contribution in [2.24, 2.45) is 5.92 Å². The number of rotatable bonds is 3. The predicted molar refractivity (Wildman–Crippen MR) is 108 cm³/mol. The van der Waals surface area contributed by atoms with Crippen LogP contribution < -0.4 is 0 Å². The Balaban J connectivity index is 1.39. The van der Waals surface area contributed by atoms with Crippen LogP contribution in [0.15, 0.2) is 53.0 Å². The van der Waals surface area contributed by atoms with Crippen LogP contribution in [0.25, 0.3) is 0 Å². The number of carbonyl (C=O) groups excluding carboxylic acids is 1. The fourth-order valence-electron chi connectivity index (χ4n) is 4.24. The molecular formula is C22H25BrN2O. The molecule has 2 aliphatic heterocycles. The molecule has 2 aromatic rings. The van der Waals surface area contributed by atoms with Crippen molar-refractivity contribution >= 4 is 21.8 Å². The Labute approximate surface area is 164 Å². The Morgan fingerprint density at radius 2 is 1.92 bits per heavy atom. The van der Waals surface area contributed by atoms with Crippen molar-refractivity contribution in [3.8, 4) is 0 Å². The molecule has 0 bridgehead atoms. The van der Waals surface area contributed by atoms with Crippen LogP contribution in [0.3, 0.4) is 0 Å². The lowest BCUT2D eigenvalue weighted by atomic mass is 9.93. The lowest BCUT2D eigenvalue weighted by Crippen LogP contribution is -2.46. The second-order valence-electron chi connectivity index (χ2n) is 7.48. The highest BCUT2D eigenvalue weighted by atomic mass is 79.9. The van der Waals surface area contributed by atoms with Crippen molar-refractivity contribution in [2.45, 2.75) is 32.4 Å². The fraction of sp³-hybridized carbons (Fsp3) is 0.409. The van der Waals surface area contributed by atoms with Gasteiger partial charge in [-0.05, 0) is 54.6 Å². The maximum absolute atomic E-state index is 13.1. The van der Waals surface area contributed by atoms with E-state index >= 15 is 0 Å². The third-order valence-electron chi connectivity index (χ3n) is 5.59. The van der Waals surface area contributed by atoms with Gasteiger partial charge in [-0.1, -0.05) is 52.3 Å². The highest BCUT2D eigenvalue weighted by Crippen LogP contribution is 2.25. The standard InChI is InChI=1S/C22H25BrN2O/c23-21-9-3-5-17(13-21)14-24-11-4-8-20(15-24)22(26)25-12-10-18-6-1-2-7-19(18)16-25/h1-3,5-7,9,13,20H,4,8,10-12,14-16H2/t20-/m0/s1. The minimum Gasteiger partial charge on any atom is -0.338 e. The van der Waals surface area contributed by atoms with Gasteiger partial charge in [-0.3, -0.25) is 9.69 Å². The number of fused-ring (bicyclic) bond motifs is 1. The Morgan fingerprint density at radius 1 is 1.08 bits per heavy atom. The number of likely N-dealkylation sites (tertiary alicyclic amines) is 1. The maximum atomic E-state index is 13.1. The molecule has 2 heterocycles. The van der Waals surface area contributed by atoms with Gasteiger partial charge in [0, 0.05) is 30.7 Å². The van der Waals surface area contributed by atoms with Crippen molar-refractivity contribution in [2.75, 3.05) is 19.6 Å². The minimum absolute atomic E-state index is 0.140. The molecule has 1 saturated heterocycles. The molecule has 0 aromatic heterocycles. The molecule has 0 unspecified atom stereocenters. The van der Waals surface area contributed by atoms with Crippen LogP contribution in [0, 0.1) is 5.92 Å². The molecule has 4 heteroatoms. The molecule has 2 aliphatic rings. The second kappa shape index (κ2) is 7.93. The summed E-state index contributed by atoms with van der Waals surface area (Å²) in [6, 6.07) is 17.0. The second-order valence-corrected chi connectivity index (χ2v) is 8.40. The number of nitrogens with zero attached hydrogens (tertiary/aromatic N) is 2. The summed E-state index contributed by atoms with van der Waals surface area (Å²) < 4.78 is 1.12. The van der Waals surface area contributed by atoms with E-state index in [4.69, 9.17) is 0 Å². The first-order valence-electron chi connectivity index (χ1n) is 9.51. The van der Waals surface area contributed by atoms with Crippen LogP contribution in [0.1, 0.15) is 29.5 Å². The molecule has 3 nitrogen and oxygen atoms in total. The zero-order valence-corrected chi connectivity index (χ0v) is 16.6. The van der Waals surface area contributed by atoms with Gasteiger partial charge in [0.25, 0.3) is 0 Å². The van der Waals surface area contributed by atoms with E-state index in [2.05, 4.69) is 74.3 Å². The van der Waals surface area contributed by atoms with Crippen molar-refractivity contribution in [3.05, 3.63) is 69.7 Å². The number of carbonyl (C=O) groups is 1. The van der Waals surface area contributed by atoms with Crippen molar-refractivity contribution in [3.63, 3.8) is 0 Å². The maximum Gasteiger partial charge on any atom is 0.227 e. The summed E-state index contributed by atoms with van der Waals surface area (Å²) in [4.78, 5) is 17.6. The topological polar surface area (TPSA) is 23.6 Å². The average Bonchev–Trinajstić information content (AvgIpc) is 2.67. The quantitative estimate of drug-likeness (QED) is 0.752. The van der Waals surface area contributed by atoms with Gasteiger partial charge in [0.05, 0.1) is 5.92 Å². The summed E-state index contributed by atoms with van der Waals surface area (Å²) in [6.45, 7) is 4.52. The van der Waals surface area contributed by atoms with E-state index < -0.39 is 0 Å². The lowest BCUT2D eigenvalue weighted by Gasteiger charge is -2.36. The zero-order chi connectivity index (χ0) is 17.9. The highest BCUT2D eigenvalue weighted by molar-refractivity contribution is 9.10. The molecule has 0 radical (unpaired) electrons. The molecule has 1 fully saturated rings. The Bertz CT molecular complexity index is 791. The van der Waals surface area contributed by atoms with E-state index in [0.29, 0.717) is 5.91 Å². The third-order valence-corrected chi connectivity index (χ3v) is 6.09. The normalized spacial score (nSPS) is 20.7. The summed E-state index contributed by atoms with van der Waals surface area (Å²) in [5.41, 5.74) is 4.02. The molecule has 136 valence electrons. The van der Waals surface area contributed by atoms with Crippen LogP contribution in [-0.4, -0.2) is 35.3 Å². The Kier molecular flexibility index (Phi) is 5.41. The van der Waals surface area contributed by atoms with Gasteiger partial charge < -0.3 is 4.90 Å². The molecular weight excluding hydrogens is 388 g/mol. The molecule has 0 N–H and O–H groups in total. The van der Waals surface area contributed by atoms with Gasteiger partial charge in [0.1, 0.15) is 0 Å². The first-order chi connectivity index (χ1) is 12.7. The van der Waals surface area contributed by atoms with Gasteiger partial charge in [0.2, 0.25) is 5.91 Å². The van der Waals surface area contributed by atoms with Gasteiger partial charge in [-0.2, -0.15) is 0 Å². The van der Waals surface area contributed by atoms with E-state index in [1.165, 1.54) is 16.7 Å². The van der Waals surface area contributed by atoms with Gasteiger partial charge in [0.15, 0.2) is 0 Å². The molecule has 0 aliphatic carbocycles. The number of benzene rings is 2. The first-order valence-corrected chi connectivity index (χ1v) is 10.3. The molecule has 1 amide bonds. The number of hydrogen-bond acceptors (Lipinski definition) is 2. The Hall–Kier alpha value is -1.65. The van der Waals surface area contributed by atoms with E-state index in [-0.39, 0.29) is 5.92 Å². The fourth-order valence-corrected chi connectivity index (χ4v) is 4.68. The molecule has 2 aromatic carbocycles. The highest BCUT2D eigenvalue weighted by Gasteiger charge is 2.30. The van der Waals surface area contributed by atoms with E-state index in [0.717, 1.165) is 56.5 Å². The smallest absolute Gasteiger partial charge is 0.227 e. The summed E-state index contributed by atoms with van der Waals surface area (Å²) in [7, 11) is 0. The number of hydrogen-bond donors (Lipinski definition) is 0. The molecule has 4 rings (SSSR count). The van der Waals surface area contributed by atoms with Gasteiger partial charge in [-0.15, -0.1) is 0 Å². The van der Waals surface area contributed by atoms with Crippen molar-refractivity contribution in [1.82, 2.24) is 9.80 Å². The predicted octanol–water partition coefficient (Wildman–Crippen LogP) is 4.25. The van der Waals surface area contributed by atoms with Gasteiger partial charge in [-0.25, -0.2) is 0 Å². The third kappa shape index (κ3) is 4.02. The minimum atomic E-state index is 0.140. The van der Waals surface area contributed by atoms with Crippen molar-refractivity contribution in [1.29, 1.82) is 0 Å². The summed E-state index contributed by atoms with van der Waals surface area (Å²) in [5, 5.41) is 0. The average molecular weight is 413 g/mol. The monoisotopic (exact) mass is 412 g/mol. The zero-order valence-electron chi connectivity index (χ0n) is 15.0. The van der Waals surface area contributed by atoms with E-state index in [9.17, 15) is 4.79 Å². The number of amides is 1.